The summed E-state index contributed by atoms with van der Waals surface area (Å²) in [5, 5.41) is 9.06. The summed E-state index contributed by atoms with van der Waals surface area (Å²) in [6.45, 7) is 3.25. The number of nitrogen functional groups attached to an aromatic ring is 1. The number of primary amides is 1. The lowest BCUT2D eigenvalue weighted by atomic mass is 10.2. The second kappa shape index (κ2) is 6.80. The number of aliphatic hydroxyl groups excluding tert-OH is 1. The molecule has 0 spiro atoms. The van der Waals surface area contributed by atoms with Gasteiger partial charge in [-0.3, -0.25) is 4.79 Å². The minimum atomic E-state index is -0.587. The van der Waals surface area contributed by atoms with Gasteiger partial charge >= 0.3 is 0 Å². The van der Waals surface area contributed by atoms with Gasteiger partial charge in [0.05, 0.1) is 12.3 Å². The first-order valence-electron chi connectivity index (χ1n) is 6.02. The molecule has 1 amide bonds. The van der Waals surface area contributed by atoms with Gasteiger partial charge in [-0.05, 0) is 18.6 Å². The Labute approximate surface area is 107 Å². The zero-order valence-electron chi connectivity index (χ0n) is 10.6. The van der Waals surface area contributed by atoms with Crippen molar-refractivity contribution in [2.75, 3.05) is 30.3 Å². The van der Waals surface area contributed by atoms with Gasteiger partial charge < -0.3 is 21.5 Å². The van der Waals surface area contributed by atoms with Crippen molar-refractivity contribution in [2.24, 2.45) is 5.73 Å². The van der Waals surface area contributed by atoms with Crippen molar-refractivity contribution in [3.63, 3.8) is 0 Å². The Balaban J connectivity index is 3.01. The van der Waals surface area contributed by atoms with Crippen LogP contribution in [-0.4, -0.2) is 35.7 Å². The monoisotopic (exact) mass is 252 g/mol. The van der Waals surface area contributed by atoms with Crippen LogP contribution < -0.4 is 16.4 Å². The lowest BCUT2D eigenvalue weighted by Crippen LogP contribution is -2.30. The van der Waals surface area contributed by atoms with E-state index in [9.17, 15) is 4.79 Å². The highest BCUT2D eigenvalue weighted by Crippen LogP contribution is 2.21. The summed E-state index contributed by atoms with van der Waals surface area (Å²) in [4.78, 5) is 17.1. The number of carbonyl (C=O) groups is 1. The lowest BCUT2D eigenvalue weighted by Gasteiger charge is -2.24. The molecule has 5 N–H and O–H groups in total. The van der Waals surface area contributed by atoms with Gasteiger partial charge in [0.15, 0.2) is 5.82 Å². The van der Waals surface area contributed by atoms with E-state index in [1.807, 2.05) is 4.90 Å². The van der Waals surface area contributed by atoms with Crippen LogP contribution in [-0.2, 0) is 0 Å². The maximum Gasteiger partial charge on any atom is 0.267 e. The molecule has 0 aliphatic rings. The number of aromatic nitrogens is 1. The zero-order chi connectivity index (χ0) is 13.5. The van der Waals surface area contributed by atoms with E-state index in [0.717, 1.165) is 19.4 Å². The Kier molecular flexibility index (Phi) is 5.38. The maximum absolute atomic E-state index is 11.1. The van der Waals surface area contributed by atoms with Gasteiger partial charge in [0.25, 0.3) is 5.91 Å². The van der Waals surface area contributed by atoms with Crippen LogP contribution in [0.5, 0.6) is 0 Å². The summed E-state index contributed by atoms with van der Waals surface area (Å²) in [6.07, 6.45) is 1.99. The van der Waals surface area contributed by atoms with Crippen LogP contribution >= 0.6 is 0 Å². The fourth-order valence-corrected chi connectivity index (χ4v) is 1.64. The number of nitrogens with two attached hydrogens (primary N) is 2. The predicted octanol–water partition coefficient (Wildman–Crippen LogP) is 0.361. The molecule has 0 atom stereocenters. The van der Waals surface area contributed by atoms with E-state index >= 15 is 0 Å². The number of rotatable bonds is 7. The van der Waals surface area contributed by atoms with Crippen LogP contribution in [0.1, 0.15) is 30.3 Å². The number of hydrogen-bond donors (Lipinski definition) is 3. The summed E-state index contributed by atoms with van der Waals surface area (Å²) in [5.41, 5.74) is 11.7. The molecule has 1 heterocycles. The Hall–Kier alpha value is -1.82. The molecule has 6 nitrogen and oxygen atoms in total. The largest absolute Gasteiger partial charge is 0.396 e. The van der Waals surface area contributed by atoms with Crippen LogP contribution in [0.3, 0.4) is 0 Å². The third kappa shape index (κ3) is 3.59. The average molecular weight is 252 g/mol. The van der Waals surface area contributed by atoms with Crippen molar-refractivity contribution in [2.45, 2.75) is 19.8 Å². The van der Waals surface area contributed by atoms with Crippen LogP contribution in [0.25, 0.3) is 0 Å². The average Bonchev–Trinajstić information content (AvgIpc) is 2.35. The first kappa shape index (κ1) is 14.2. The molecule has 0 aliphatic carbocycles. The van der Waals surface area contributed by atoms with Crippen molar-refractivity contribution in [3.8, 4) is 0 Å². The number of unbranched alkanes of at least 4 members (excludes halogenated alkanes) is 1. The highest BCUT2D eigenvalue weighted by Gasteiger charge is 2.13. The Morgan fingerprint density at radius 2 is 2.17 bits per heavy atom. The Bertz CT molecular complexity index is 409. The third-order valence-electron chi connectivity index (χ3n) is 2.61. The minimum Gasteiger partial charge on any atom is -0.396 e. The molecule has 0 unspecified atom stereocenters. The first-order chi connectivity index (χ1) is 8.60. The number of hydrogen-bond acceptors (Lipinski definition) is 5. The summed E-state index contributed by atoms with van der Waals surface area (Å²) in [5.74, 6) is -0.0792. The molecule has 0 saturated carbocycles. The topological polar surface area (TPSA) is 105 Å². The van der Waals surface area contributed by atoms with Gasteiger partial charge in [-0.15, -0.1) is 0 Å². The molecular formula is C12H20N4O2. The molecular weight excluding hydrogens is 232 g/mol. The normalized spacial score (nSPS) is 10.3. The molecule has 100 valence electrons. The number of amides is 1. The standard InChI is InChI=1S/C12H20N4O2/c1-2-3-6-16(7-8-17)12-9(13)4-5-10(15-12)11(14)18/h4-5,17H,2-3,6-8,13H2,1H3,(H2,14,18). The minimum absolute atomic E-state index is 0.00559. The summed E-state index contributed by atoms with van der Waals surface area (Å²) in [7, 11) is 0. The molecule has 0 radical (unpaired) electrons. The van der Waals surface area contributed by atoms with Crippen LogP contribution in [0, 0.1) is 0 Å². The zero-order valence-corrected chi connectivity index (χ0v) is 10.6. The highest BCUT2D eigenvalue weighted by atomic mass is 16.3. The Morgan fingerprint density at radius 1 is 1.44 bits per heavy atom. The smallest absolute Gasteiger partial charge is 0.267 e. The van der Waals surface area contributed by atoms with Crippen molar-refractivity contribution in [3.05, 3.63) is 17.8 Å². The molecule has 1 rings (SSSR count). The molecule has 0 fully saturated rings. The first-order valence-corrected chi connectivity index (χ1v) is 6.02. The Morgan fingerprint density at radius 3 is 2.72 bits per heavy atom. The fraction of sp³-hybridized carbons (Fsp3) is 0.500. The molecule has 1 aromatic heterocycles. The molecule has 0 aliphatic heterocycles. The number of nitrogens with zero attached hydrogens (tertiary/aromatic N) is 2. The number of aliphatic hydroxyl groups is 1. The van der Waals surface area contributed by atoms with Crippen molar-refractivity contribution in [1.82, 2.24) is 4.98 Å². The third-order valence-corrected chi connectivity index (χ3v) is 2.61. The van der Waals surface area contributed by atoms with E-state index in [1.165, 1.54) is 6.07 Å². The summed E-state index contributed by atoms with van der Waals surface area (Å²) < 4.78 is 0. The van der Waals surface area contributed by atoms with Crippen molar-refractivity contribution < 1.29 is 9.90 Å². The summed E-state index contributed by atoms with van der Waals surface area (Å²) >= 11 is 0. The van der Waals surface area contributed by atoms with Gasteiger partial charge in [0.2, 0.25) is 0 Å². The molecule has 0 aromatic carbocycles. The van der Waals surface area contributed by atoms with Gasteiger partial charge in [0, 0.05) is 13.1 Å². The van der Waals surface area contributed by atoms with E-state index in [2.05, 4.69) is 11.9 Å². The fourth-order valence-electron chi connectivity index (χ4n) is 1.64. The van der Waals surface area contributed by atoms with Gasteiger partial charge in [-0.1, -0.05) is 13.3 Å². The lowest BCUT2D eigenvalue weighted by molar-refractivity contribution is 0.0995. The number of carbonyl (C=O) groups excluding carboxylic acids is 1. The predicted molar refractivity (Wildman–Crippen MR) is 71.4 cm³/mol. The second-order valence-electron chi connectivity index (χ2n) is 4.04. The van der Waals surface area contributed by atoms with E-state index in [0.29, 0.717) is 18.1 Å². The van der Waals surface area contributed by atoms with Crippen LogP contribution in [0.15, 0.2) is 12.1 Å². The molecule has 0 saturated heterocycles. The second-order valence-corrected chi connectivity index (χ2v) is 4.04. The van der Waals surface area contributed by atoms with Gasteiger partial charge in [-0.25, -0.2) is 4.98 Å². The van der Waals surface area contributed by atoms with E-state index < -0.39 is 5.91 Å². The highest BCUT2D eigenvalue weighted by molar-refractivity contribution is 5.91. The van der Waals surface area contributed by atoms with Gasteiger partial charge in [0.1, 0.15) is 5.69 Å². The number of anilines is 2. The van der Waals surface area contributed by atoms with E-state index in [1.54, 1.807) is 6.07 Å². The van der Waals surface area contributed by atoms with E-state index in [-0.39, 0.29) is 12.3 Å². The van der Waals surface area contributed by atoms with Crippen LogP contribution in [0.4, 0.5) is 11.5 Å². The molecule has 0 bridgehead atoms. The SMILES string of the molecule is CCCCN(CCO)c1nc(C(N)=O)ccc1N. The quantitative estimate of drug-likeness (QED) is 0.649. The van der Waals surface area contributed by atoms with Crippen molar-refractivity contribution in [1.29, 1.82) is 0 Å². The molecule has 18 heavy (non-hydrogen) atoms. The maximum atomic E-state index is 11.1. The van der Waals surface area contributed by atoms with Gasteiger partial charge in [-0.2, -0.15) is 0 Å². The summed E-state index contributed by atoms with van der Waals surface area (Å²) in [6, 6.07) is 3.11. The van der Waals surface area contributed by atoms with Crippen molar-refractivity contribution >= 4 is 17.4 Å². The molecule has 1 aromatic rings. The molecule has 6 heteroatoms. The van der Waals surface area contributed by atoms with Crippen LogP contribution in [0.2, 0.25) is 0 Å². The number of pyridine rings is 1. The van der Waals surface area contributed by atoms with E-state index in [4.69, 9.17) is 16.6 Å².